The smallest absolute Gasteiger partial charge is 0.150 e. The molecular weight excluding hydrogens is 298 g/mol. The van der Waals surface area contributed by atoms with Crippen LogP contribution in [0.3, 0.4) is 0 Å². The molecule has 2 aromatic rings. The van der Waals surface area contributed by atoms with Crippen LogP contribution >= 0.6 is 0 Å². The van der Waals surface area contributed by atoms with Gasteiger partial charge in [-0.3, -0.25) is 4.79 Å². The lowest BCUT2D eigenvalue weighted by Gasteiger charge is -2.42. The topological polar surface area (TPSA) is 40.5 Å². The van der Waals surface area contributed by atoms with E-state index in [-0.39, 0.29) is 11.8 Å². The zero-order valence-corrected chi connectivity index (χ0v) is 14.9. The molecule has 0 bridgehead atoms. The van der Waals surface area contributed by atoms with Gasteiger partial charge in [0.05, 0.1) is 6.10 Å². The van der Waals surface area contributed by atoms with Crippen molar-refractivity contribution in [2.45, 2.75) is 37.8 Å². The third kappa shape index (κ3) is 3.14. The van der Waals surface area contributed by atoms with E-state index in [0.717, 1.165) is 11.1 Å². The monoisotopic (exact) mass is 325 g/mol. The Morgan fingerprint density at radius 3 is 1.75 bits per heavy atom. The zero-order valence-electron chi connectivity index (χ0n) is 14.9. The molecular formula is C21H27NO2. The maximum atomic E-state index is 13.2. The average molecular weight is 325 g/mol. The van der Waals surface area contributed by atoms with Gasteiger partial charge in [0, 0.05) is 12.5 Å². The molecule has 2 aromatic carbocycles. The minimum atomic E-state index is -1.07. The van der Waals surface area contributed by atoms with Crippen molar-refractivity contribution in [1.82, 2.24) is 4.90 Å². The fraction of sp³-hybridized carbons (Fsp3) is 0.381. The highest BCUT2D eigenvalue weighted by molar-refractivity contribution is 5.94. The Bertz CT molecular complexity index is 613. The van der Waals surface area contributed by atoms with Crippen LogP contribution in [0.4, 0.5) is 0 Å². The second kappa shape index (κ2) is 7.73. The van der Waals surface area contributed by atoms with E-state index in [9.17, 15) is 9.90 Å². The van der Waals surface area contributed by atoms with Crippen molar-refractivity contribution in [3.05, 3.63) is 71.8 Å². The van der Waals surface area contributed by atoms with Gasteiger partial charge in [-0.05, 0) is 32.1 Å². The highest BCUT2D eigenvalue weighted by Gasteiger charge is 2.49. The molecule has 2 rings (SSSR count). The first kappa shape index (κ1) is 18.4. The lowest BCUT2D eigenvalue weighted by molar-refractivity contribution is -0.128. The van der Waals surface area contributed by atoms with Crippen LogP contribution in [0.25, 0.3) is 0 Å². The van der Waals surface area contributed by atoms with E-state index in [4.69, 9.17) is 0 Å². The van der Waals surface area contributed by atoms with Crippen LogP contribution in [-0.2, 0) is 10.2 Å². The molecule has 0 radical (unpaired) electrons. The van der Waals surface area contributed by atoms with E-state index in [0.29, 0.717) is 6.42 Å². The van der Waals surface area contributed by atoms with Gasteiger partial charge in [0.25, 0.3) is 0 Å². The molecule has 0 spiro atoms. The van der Waals surface area contributed by atoms with Gasteiger partial charge in [-0.1, -0.05) is 67.6 Å². The van der Waals surface area contributed by atoms with Crippen LogP contribution < -0.4 is 0 Å². The molecule has 0 fully saturated rings. The number of likely N-dealkylation sites (N-methyl/N-ethyl adjacent to an activating group) is 1. The Kier molecular flexibility index (Phi) is 5.92. The fourth-order valence-electron chi connectivity index (χ4n) is 3.32. The van der Waals surface area contributed by atoms with Gasteiger partial charge in [-0.2, -0.15) is 0 Å². The van der Waals surface area contributed by atoms with Gasteiger partial charge in [-0.25, -0.2) is 0 Å². The van der Waals surface area contributed by atoms with E-state index in [2.05, 4.69) is 0 Å². The molecule has 2 atom stereocenters. The first-order valence-corrected chi connectivity index (χ1v) is 8.45. The normalized spacial score (nSPS) is 14.4. The SMILES string of the molecule is CCC(=O)C(c1ccccc1)(c1ccccc1)C(O)C(C)N(C)C. The lowest BCUT2D eigenvalue weighted by atomic mass is 9.65. The van der Waals surface area contributed by atoms with Crippen molar-refractivity contribution in [2.75, 3.05) is 14.1 Å². The Morgan fingerprint density at radius 1 is 1.00 bits per heavy atom. The first-order chi connectivity index (χ1) is 11.5. The maximum absolute atomic E-state index is 13.2. The second-order valence-electron chi connectivity index (χ2n) is 6.47. The van der Waals surface area contributed by atoms with Crippen LogP contribution in [0.1, 0.15) is 31.4 Å². The van der Waals surface area contributed by atoms with Gasteiger partial charge in [0.2, 0.25) is 0 Å². The third-order valence-electron chi connectivity index (χ3n) is 4.93. The van der Waals surface area contributed by atoms with E-state index < -0.39 is 11.5 Å². The molecule has 128 valence electrons. The summed E-state index contributed by atoms with van der Waals surface area (Å²) in [7, 11) is 3.84. The number of rotatable bonds is 7. The third-order valence-corrected chi connectivity index (χ3v) is 4.93. The molecule has 3 nitrogen and oxygen atoms in total. The summed E-state index contributed by atoms with van der Waals surface area (Å²) in [6.07, 6.45) is -0.495. The number of ketones is 1. The molecule has 0 aliphatic heterocycles. The number of Topliss-reactive ketones (excluding diaryl/α,β-unsaturated/α-hetero) is 1. The van der Waals surface area contributed by atoms with E-state index in [1.807, 2.05) is 93.5 Å². The molecule has 0 aromatic heterocycles. The van der Waals surface area contributed by atoms with Crippen LogP contribution in [0.15, 0.2) is 60.7 Å². The van der Waals surface area contributed by atoms with Crippen LogP contribution in [-0.4, -0.2) is 42.0 Å². The molecule has 0 saturated heterocycles. The van der Waals surface area contributed by atoms with Crippen molar-refractivity contribution in [3.8, 4) is 0 Å². The summed E-state index contributed by atoms with van der Waals surface area (Å²) in [6.45, 7) is 3.81. The summed E-state index contributed by atoms with van der Waals surface area (Å²) in [6, 6.07) is 19.1. The lowest BCUT2D eigenvalue weighted by Crippen LogP contribution is -2.55. The van der Waals surface area contributed by atoms with Crippen LogP contribution in [0, 0.1) is 0 Å². The van der Waals surface area contributed by atoms with E-state index >= 15 is 0 Å². The molecule has 3 heteroatoms. The Balaban J connectivity index is 2.77. The first-order valence-electron chi connectivity index (χ1n) is 8.45. The molecule has 1 N–H and O–H groups in total. The zero-order chi connectivity index (χ0) is 17.7. The summed E-state index contributed by atoms with van der Waals surface area (Å²) in [5, 5.41) is 11.3. The number of aliphatic hydroxyl groups excluding tert-OH is 1. The van der Waals surface area contributed by atoms with Crippen LogP contribution in [0.5, 0.6) is 0 Å². The van der Waals surface area contributed by atoms with Gasteiger partial charge in [-0.15, -0.1) is 0 Å². The minimum Gasteiger partial charge on any atom is -0.390 e. The predicted octanol–water partition coefficient (Wildman–Crippen LogP) is 3.26. The number of benzene rings is 2. The molecule has 0 aliphatic rings. The van der Waals surface area contributed by atoms with Crippen LogP contribution in [0.2, 0.25) is 0 Å². The summed E-state index contributed by atoms with van der Waals surface area (Å²) in [4.78, 5) is 15.2. The predicted molar refractivity (Wildman–Crippen MR) is 98.1 cm³/mol. The van der Waals surface area contributed by atoms with Gasteiger partial charge < -0.3 is 10.0 Å². The van der Waals surface area contributed by atoms with Crippen molar-refractivity contribution >= 4 is 5.78 Å². The maximum Gasteiger partial charge on any atom is 0.150 e. The molecule has 0 saturated carbocycles. The Hall–Kier alpha value is -1.97. The standard InChI is InChI=1S/C21H27NO2/c1-5-19(23)21(17-12-8-6-9-13-17,18-14-10-7-11-15-18)20(24)16(2)22(3)4/h6-16,20,24H,5H2,1-4H3. The van der Waals surface area contributed by atoms with Gasteiger partial charge in [0.15, 0.2) is 0 Å². The highest BCUT2D eigenvalue weighted by Crippen LogP contribution is 2.39. The highest BCUT2D eigenvalue weighted by atomic mass is 16.3. The summed E-state index contributed by atoms with van der Waals surface area (Å²) >= 11 is 0. The Morgan fingerprint density at radius 2 is 1.42 bits per heavy atom. The average Bonchev–Trinajstić information content (AvgIpc) is 2.63. The number of hydrogen-bond acceptors (Lipinski definition) is 3. The molecule has 24 heavy (non-hydrogen) atoms. The number of carbonyl (C=O) groups excluding carboxylic acids is 1. The molecule has 2 unspecified atom stereocenters. The number of aliphatic hydroxyl groups is 1. The number of hydrogen-bond donors (Lipinski definition) is 1. The van der Waals surface area contributed by atoms with Gasteiger partial charge in [0.1, 0.15) is 11.2 Å². The fourth-order valence-corrected chi connectivity index (χ4v) is 3.32. The summed E-state index contributed by atoms with van der Waals surface area (Å²) < 4.78 is 0. The van der Waals surface area contributed by atoms with Gasteiger partial charge >= 0.3 is 0 Å². The van der Waals surface area contributed by atoms with E-state index in [1.165, 1.54) is 0 Å². The molecule has 0 amide bonds. The van der Waals surface area contributed by atoms with E-state index in [1.54, 1.807) is 0 Å². The minimum absolute atomic E-state index is 0.0288. The number of carbonyl (C=O) groups is 1. The van der Waals surface area contributed by atoms with Crippen molar-refractivity contribution in [3.63, 3.8) is 0 Å². The number of nitrogens with zero attached hydrogens (tertiary/aromatic N) is 1. The summed E-state index contributed by atoms with van der Waals surface area (Å²) in [5.41, 5.74) is 0.606. The largest absolute Gasteiger partial charge is 0.390 e. The summed E-state index contributed by atoms with van der Waals surface area (Å²) in [5.74, 6) is 0.0288. The van der Waals surface area contributed by atoms with Crippen molar-refractivity contribution < 1.29 is 9.90 Å². The van der Waals surface area contributed by atoms with Crippen molar-refractivity contribution in [1.29, 1.82) is 0 Å². The quantitative estimate of drug-likeness (QED) is 0.849. The molecule has 0 aliphatic carbocycles. The van der Waals surface area contributed by atoms with Crippen molar-refractivity contribution in [2.24, 2.45) is 0 Å². The second-order valence-corrected chi connectivity index (χ2v) is 6.47. The Labute approximate surface area is 144 Å². The molecule has 0 heterocycles.